The van der Waals surface area contributed by atoms with Gasteiger partial charge in [-0.1, -0.05) is 18.2 Å². The molecule has 1 heterocycles. The van der Waals surface area contributed by atoms with Gasteiger partial charge in [-0.25, -0.2) is 0 Å². The SMILES string of the molecule is NCC1=CC2CC/C=C\N=CC2=C1. The van der Waals surface area contributed by atoms with Crippen molar-refractivity contribution in [1.29, 1.82) is 0 Å². The molecule has 0 saturated heterocycles. The minimum Gasteiger partial charge on any atom is -0.327 e. The van der Waals surface area contributed by atoms with E-state index >= 15 is 0 Å². The Bertz CT molecular complexity index is 308. The highest BCUT2D eigenvalue weighted by Crippen LogP contribution is 2.27. The predicted octanol–water partition coefficient (Wildman–Crippen LogP) is 1.81. The fourth-order valence-electron chi connectivity index (χ4n) is 1.77. The van der Waals surface area contributed by atoms with Crippen LogP contribution in [-0.4, -0.2) is 12.8 Å². The van der Waals surface area contributed by atoms with E-state index in [0.717, 1.165) is 6.42 Å². The molecule has 0 aromatic heterocycles. The van der Waals surface area contributed by atoms with Gasteiger partial charge in [0.2, 0.25) is 0 Å². The first-order chi connectivity index (χ1) is 6.40. The second-order valence-corrected chi connectivity index (χ2v) is 3.44. The molecule has 0 spiro atoms. The normalized spacial score (nSPS) is 28.5. The molecule has 0 aromatic rings. The minimum absolute atomic E-state index is 0.548. The molecule has 1 unspecified atom stereocenters. The minimum atomic E-state index is 0.548. The van der Waals surface area contributed by atoms with Gasteiger partial charge in [0.05, 0.1) is 0 Å². The Balaban J connectivity index is 2.21. The highest BCUT2D eigenvalue weighted by molar-refractivity contribution is 5.82. The quantitative estimate of drug-likeness (QED) is 0.646. The van der Waals surface area contributed by atoms with Crippen molar-refractivity contribution in [2.24, 2.45) is 16.6 Å². The Morgan fingerprint density at radius 3 is 3.31 bits per heavy atom. The van der Waals surface area contributed by atoms with E-state index in [1.807, 2.05) is 12.4 Å². The molecule has 0 radical (unpaired) electrons. The van der Waals surface area contributed by atoms with Crippen molar-refractivity contribution in [3.8, 4) is 0 Å². The summed E-state index contributed by atoms with van der Waals surface area (Å²) in [6.45, 7) is 0.640. The number of fused-ring (bicyclic) bond motifs is 1. The van der Waals surface area contributed by atoms with Gasteiger partial charge < -0.3 is 5.73 Å². The van der Waals surface area contributed by atoms with Gasteiger partial charge in [0.25, 0.3) is 0 Å². The third-order valence-corrected chi connectivity index (χ3v) is 2.49. The van der Waals surface area contributed by atoms with Crippen molar-refractivity contribution in [2.75, 3.05) is 6.54 Å². The van der Waals surface area contributed by atoms with Crippen LogP contribution in [0.25, 0.3) is 0 Å². The summed E-state index contributed by atoms with van der Waals surface area (Å²) in [6.07, 6.45) is 12.6. The second-order valence-electron chi connectivity index (χ2n) is 3.44. The highest BCUT2D eigenvalue weighted by atomic mass is 14.7. The maximum absolute atomic E-state index is 5.59. The summed E-state index contributed by atoms with van der Waals surface area (Å²) < 4.78 is 0. The van der Waals surface area contributed by atoms with Gasteiger partial charge in [-0.3, -0.25) is 4.99 Å². The molecular weight excluding hydrogens is 160 g/mol. The number of hydrogen-bond donors (Lipinski definition) is 1. The Kier molecular flexibility index (Phi) is 2.41. The van der Waals surface area contributed by atoms with Crippen LogP contribution in [0.15, 0.2) is 40.6 Å². The van der Waals surface area contributed by atoms with Gasteiger partial charge in [-0.2, -0.15) is 0 Å². The first kappa shape index (κ1) is 8.45. The zero-order valence-electron chi connectivity index (χ0n) is 7.61. The standard InChI is InChI=1S/C11H14N2/c12-7-9-5-10-3-1-2-4-13-8-11(10)6-9/h2,4-6,8,10H,1,3,7,12H2/b4-2-,13-8?. The van der Waals surface area contributed by atoms with Crippen LogP contribution in [0.4, 0.5) is 0 Å². The molecule has 68 valence electrons. The molecule has 0 fully saturated rings. The van der Waals surface area contributed by atoms with E-state index in [0.29, 0.717) is 12.5 Å². The molecule has 0 saturated carbocycles. The maximum atomic E-state index is 5.59. The third kappa shape index (κ3) is 1.78. The van der Waals surface area contributed by atoms with Crippen molar-refractivity contribution >= 4 is 6.21 Å². The number of nitrogens with zero attached hydrogens (tertiary/aromatic N) is 1. The zero-order chi connectivity index (χ0) is 9.10. The number of aliphatic imine (C=N–C) groups is 1. The largest absolute Gasteiger partial charge is 0.327 e. The molecule has 0 bridgehead atoms. The molecule has 2 nitrogen and oxygen atoms in total. The Morgan fingerprint density at radius 2 is 2.46 bits per heavy atom. The van der Waals surface area contributed by atoms with Crippen molar-refractivity contribution in [3.63, 3.8) is 0 Å². The number of rotatable bonds is 1. The third-order valence-electron chi connectivity index (χ3n) is 2.49. The molecule has 2 rings (SSSR count). The summed E-state index contributed by atoms with van der Waals surface area (Å²) in [5.74, 6) is 0.548. The lowest BCUT2D eigenvalue weighted by Gasteiger charge is -2.09. The predicted molar refractivity (Wildman–Crippen MR) is 55.6 cm³/mol. The summed E-state index contributed by atoms with van der Waals surface area (Å²) in [7, 11) is 0. The maximum Gasteiger partial charge on any atom is 0.0305 e. The van der Waals surface area contributed by atoms with Gasteiger partial charge in [-0.15, -0.1) is 0 Å². The van der Waals surface area contributed by atoms with E-state index in [2.05, 4.69) is 23.2 Å². The molecule has 2 aliphatic rings. The second kappa shape index (κ2) is 3.71. The van der Waals surface area contributed by atoms with E-state index in [1.54, 1.807) is 0 Å². The lowest BCUT2D eigenvalue weighted by Crippen LogP contribution is -2.00. The van der Waals surface area contributed by atoms with E-state index in [4.69, 9.17) is 5.73 Å². The number of nitrogens with two attached hydrogens (primary N) is 1. The van der Waals surface area contributed by atoms with Gasteiger partial charge >= 0.3 is 0 Å². The topological polar surface area (TPSA) is 38.4 Å². The van der Waals surface area contributed by atoms with Crippen LogP contribution in [0.5, 0.6) is 0 Å². The van der Waals surface area contributed by atoms with Crippen LogP contribution in [-0.2, 0) is 0 Å². The van der Waals surface area contributed by atoms with E-state index in [-0.39, 0.29) is 0 Å². The lowest BCUT2D eigenvalue weighted by atomic mass is 9.97. The average molecular weight is 174 g/mol. The molecule has 2 N–H and O–H groups in total. The molecule has 0 aromatic carbocycles. The van der Waals surface area contributed by atoms with Crippen molar-refractivity contribution in [2.45, 2.75) is 12.8 Å². The number of allylic oxidation sites excluding steroid dienone is 3. The van der Waals surface area contributed by atoms with Gasteiger partial charge in [0.15, 0.2) is 0 Å². The fraction of sp³-hybridized carbons (Fsp3) is 0.364. The smallest absolute Gasteiger partial charge is 0.0305 e. The summed E-state index contributed by atoms with van der Waals surface area (Å²) >= 11 is 0. The summed E-state index contributed by atoms with van der Waals surface area (Å²) in [6, 6.07) is 0. The molecular formula is C11H14N2. The Labute approximate surface area is 78.5 Å². The van der Waals surface area contributed by atoms with E-state index in [9.17, 15) is 0 Å². The number of hydrogen-bond acceptors (Lipinski definition) is 2. The zero-order valence-corrected chi connectivity index (χ0v) is 7.61. The monoisotopic (exact) mass is 174 g/mol. The molecule has 1 atom stereocenters. The van der Waals surface area contributed by atoms with E-state index < -0.39 is 0 Å². The fourth-order valence-corrected chi connectivity index (χ4v) is 1.77. The van der Waals surface area contributed by atoms with Gasteiger partial charge in [0.1, 0.15) is 0 Å². The van der Waals surface area contributed by atoms with E-state index in [1.165, 1.54) is 17.6 Å². The molecule has 2 heteroatoms. The highest BCUT2D eigenvalue weighted by Gasteiger charge is 2.16. The van der Waals surface area contributed by atoms with Crippen LogP contribution >= 0.6 is 0 Å². The van der Waals surface area contributed by atoms with Crippen LogP contribution < -0.4 is 5.73 Å². The Morgan fingerprint density at radius 1 is 1.54 bits per heavy atom. The van der Waals surface area contributed by atoms with Gasteiger partial charge in [0, 0.05) is 24.9 Å². The van der Waals surface area contributed by atoms with Crippen LogP contribution in [0, 0.1) is 5.92 Å². The molecule has 1 aliphatic heterocycles. The van der Waals surface area contributed by atoms with Crippen molar-refractivity contribution in [1.82, 2.24) is 0 Å². The lowest BCUT2D eigenvalue weighted by molar-refractivity contribution is 0.710. The first-order valence-corrected chi connectivity index (χ1v) is 4.70. The van der Waals surface area contributed by atoms with Crippen LogP contribution in [0.2, 0.25) is 0 Å². The van der Waals surface area contributed by atoms with Crippen molar-refractivity contribution in [3.05, 3.63) is 35.6 Å². The summed E-state index contributed by atoms with van der Waals surface area (Å²) in [5.41, 5.74) is 8.15. The van der Waals surface area contributed by atoms with Crippen molar-refractivity contribution < 1.29 is 0 Å². The Hall–Kier alpha value is -1.15. The van der Waals surface area contributed by atoms with Gasteiger partial charge in [-0.05, 0) is 24.0 Å². The van der Waals surface area contributed by atoms with Crippen LogP contribution in [0.3, 0.4) is 0 Å². The molecule has 13 heavy (non-hydrogen) atoms. The van der Waals surface area contributed by atoms with Crippen LogP contribution in [0.1, 0.15) is 12.8 Å². The molecule has 0 amide bonds. The average Bonchev–Trinajstić information content (AvgIpc) is 2.47. The summed E-state index contributed by atoms with van der Waals surface area (Å²) in [5, 5.41) is 0. The molecule has 1 aliphatic carbocycles. The first-order valence-electron chi connectivity index (χ1n) is 4.70. The summed E-state index contributed by atoms with van der Waals surface area (Å²) in [4.78, 5) is 4.19.